The monoisotopic (exact) mass is 353 g/mol. The summed E-state index contributed by atoms with van der Waals surface area (Å²) in [6.07, 6.45) is -0.591. The normalized spacial score (nSPS) is 11.3. The Labute approximate surface area is 153 Å². The van der Waals surface area contributed by atoms with E-state index in [2.05, 4.69) is 0 Å². The fourth-order valence-electron chi connectivity index (χ4n) is 2.56. The van der Waals surface area contributed by atoms with Crippen molar-refractivity contribution in [1.82, 2.24) is 4.90 Å². The zero-order valence-corrected chi connectivity index (χ0v) is 15.3. The first kappa shape index (κ1) is 19.2. The SMILES string of the molecule is CCN(C(=O)OCc1ccccc1)/C(C(=O)OC)=C(/C)c1ccccc1. The third kappa shape index (κ3) is 4.72. The Kier molecular flexibility index (Phi) is 6.97. The van der Waals surface area contributed by atoms with Crippen molar-refractivity contribution in [2.75, 3.05) is 13.7 Å². The summed E-state index contributed by atoms with van der Waals surface area (Å²) >= 11 is 0. The van der Waals surface area contributed by atoms with Crippen LogP contribution < -0.4 is 0 Å². The Morgan fingerprint density at radius 2 is 1.54 bits per heavy atom. The molecule has 2 aromatic carbocycles. The van der Waals surface area contributed by atoms with E-state index in [0.29, 0.717) is 5.57 Å². The van der Waals surface area contributed by atoms with Gasteiger partial charge in [0.1, 0.15) is 12.3 Å². The maximum atomic E-state index is 12.6. The minimum atomic E-state index is -0.591. The maximum Gasteiger partial charge on any atom is 0.414 e. The van der Waals surface area contributed by atoms with Gasteiger partial charge in [-0.2, -0.15) is 0 Å². The Balaban J connectivity index is 2.29. The first-order valence-corrected chi connectivity index (χ1v) is 8.41. The second-order valence-corrected chi connectivity index (χ2v) is 5.62. The van der Waals surface area contributed by atoms with Gasteiger partial charge in [0.25, 0.3) is 0 Å². The predicted octanol–water partition coefficient (Wildman–Crippen LogP) is 4.25. The van der Waals surface area contributed by atoms with Crippen LogP contribution in [0, 0.1) is 0 Å². The van der Waals surface area contributed by atoms with Crippen LogP contribution in [0.4, 0.5) is 4.79 Å². The van der Waals surface area contributed by atoms with Crippen LogP contribution in [-0.2, 0) is 20.9 Å². The molecule has 0 unspecified atom stereocenters. The highest BCUT2D eigenvalue weighted by atomic mass is 16.6. The molecule has 26 heavy (non-hydrogen) atoms. The molecule has 0 saturated carbocycles. The summed E-state index contributed by atoms with van der Waals surface area (Å²) < 4.78 is 10.3. The second kappa shape index (κ2) is 9.42. The summed E-state index contributed by atoms with van der Waals surface area (Å²) in [5.74, 6) is -0.579. The van der Waals surface area contributed by atoms with E-state index in [-0.39, 0.29) is 18.8 Å². The third-order valence-corrected chi connectivity index (χ3v) is 3.95. The summed E-state index contributed by atoms with van der Waals surface area (Å²) in [5, 5.41) is 0. The van der Waals surface area contributed by atoms with Crippen LogP contribution in [0.25, 0.3) is 5.57 Å². The summed E-state index contributed by atoms with van der Waals surface area (Å²) in [4.78, 5) is 26.3. The number of carbonyl (C=O) groups is 2. The molecule has 0 aliphatic carbocycles. The molecule has 0 atom stereocenters. The molecular formula is C21H23NO4. The van der Waals surface area contributed by atoms with Crippen LogP contribution in [0.1, 0.15) is 25.0 Å². The molecule has 0 aliphatic rings. The van der Waals surface area contributed by atoms with Crippen molar-refractivity contribution >= 4 is 17.6 Å². The molecule has 0 aliphatic heterocycles. The minimum absolute atomic E-state index is 0.134. The fourth-order valence-corrected chi connectivity index (χ4v) is 2.56. The van der Waals surface area contributed by atoms with Crippen molar-refractivity contribution in [3.05, 3.63) is 77.5 Å². The zero-order valence-electron chi connectivity index (χ0n) is 15.3. The van der Waals surface area contributed by atoms with E-state index in [1.807, 2.05) is 60.7 Å². The number of hydrogen-bond donors (Lipinski definition) is 0. The molecule has 0 radical (unpaired) electrons. The van der Waals surface area contributed by atoms with E-state index in [1.165, 1.54) is 12.0 Å². The number of allylic oxidation sites excluding steroid dienone is 1. The van der Waals surface area contributed by atoms with Gasteiger partial charge in [0.2, 0.25) is 0 Å². The third-order valence-electron chi connectivity index (χ3n) is 3.95. The molecule has 1 amide bonds. The Morgan fingerprint density at radius 3 is 2.08 bits per heavy atom. The highest BCUT2D eigenvalue weighted by molar-refractivity contribution is 5.99. The number of amides is 1. The summed E-state index contributed by atoms with van der Waals surface area (Å²) in [5.41, 5.74) is 2.54. The van der Waals surface area contributed by atoms with Gasteiger partial charge in [-0.3, -0.25) is 4.90 Å². The number of likely N-dealkylation sites (N-methyl/N-ethyl adjacent to an activating group) is 1. The quantitative estimate of drug-likeness (QED) is 0.575. The van der Waals surface area contributed by atoms with Crippen molar-refractivity contribution in [2.45, 2.75) is 20.5 Å². The summed E-state index contributed by atoms with van der Waals surface area (Å²) in [6.45, 7) is 3.98. The largest absolute Gasteiger partial charge is 0.464 e. The zero-order chi connectivity index (χ0) is 18.9. The van der Waals surface area contributed by atoms with Gasteiger partial charge in [0.15, 0.2) is 0 Å². The fraction of sp³-hybridized carbons (Fsp3) is 0.238. The van der Waals surface area contributed by atoms with Gasteiger partial charge in [-0.1, -0.05) is 60.7 Å². The van der Waals surface area contributed by atoms with Crippen molar-refractivity contribution in [2.24, 2.45) is 0 Å². The molecular weight excluding hydrogens is 330 g/mol. The van der Waals surface area contributed by atoms with Crippen LogP contribution in [0.2, 0.25) is 0 Å². The smallest absolute Gasteiger partial charge is 0.414 e. The average molecular weight is 353 g/mol. The van der Waals surface area contributed by atoms with Crippen LogP contribution in [0.5, 0.6) is 0 Å². The number of methoxy groups -OCH3 is 1. The highest BCUT2D eigenvalue weighted by Gasteiger charge is 2.27. The van der Waals surface area contributed by atoms with Crippen LogP contribution >= 0.6 is 0 Å². The molecule has 0 spiro atoms. The van der Waals surface area contributed by atoms with Gasteiger partial charge in [0, 0.05) is 6.54 Å². The number of nitrogens with zero attached hydrogens (tertiary/aromatic N) is 1. The number of carbonyl (C=O) groups excluding carboxylic acids is 2. The van der Waals surface area contributed by atoms with Gasteiger partial charge >= 0.3 is 12.1 Å². The topological polar surface area (TPSA) is 55.8 Å². The minimum Gasteiger partial charge on any atom is -0.464 e. The molecule has 136 valence electrons. The van der Waals surface area contributed by atoms with Crippen LogP contribution in [-0.4, -0.2) is 30.6 Å². The Bertz CT molecular complexity index is 769. The van der Waals surface area contributed by atoms with Crippen LogP contribution in [0.15, 0.2) is 66.4 Å². The second-order valence-electron chi connectivity index (χ2n) is 5.62. The van der Waals surface area contributed by atoms with Gasteiger partial charge in [-0.25, -0.2) is 9.59 Å². The van der Waals surface area contributed by atoms with Crippen molar-refractivity contribution in [3.63, 3.8) is 0 Å². The van der Waals surface area contributed by atoms with E-state index in [4.69, 9.17) is 9.47 Å². The van der Waals surface area contributed by atoms with Gasteiger partial charge in [0.05, 0.1) is 7.11 Å². The maximum absolute atomic E-state index is 12.6. The van der Waals surface area contributed by atoms with Crippen LogP contribution in [0.3, 0.4) is 0 Å². The molecule has 5 heteroatoms. The van der Waals surface area contributed by atoms with Gasteiger partial charge in [-0.15, -0.1) is 0 Å². The first-order chi connectivity index (χ1) is 12.6. The molecule has 2 aromatic rings. The van der Waals surface area contributed by atoms with Gasteiger partial charge in [-0.05, 0) is 30.5 Å². The van der Waals surface area contributed by atoms with Crippen molar-refractivity contribution in [1.29, 1.82) is 0 Å². The molecule has 5 nitrogen and oxygen atoms in total. The van der Waals surface area contributed by atoms with Crippen molar-refractivity contribution < 1.29 is 19.1 Å². The molecule has 0 saturated heterocycles. The summed E-state index contributed by atoms with van der Waals surface area (Å²) in [7, 11) is 1.30. The van der Waals surface area contributed by atoms with E-state index in [9.17, 15) is 9.59 Å². The molecule has 0 N–H and O–H groups in total. The molecule has 0 fully saturated rings. The lowest BCUT2D eigenvalue weighted by atomic mass is 10.0. The number of ether oxygens (including phenoxy) is 2. The number of rotatable bonds is 6. The van der Waals surface area contributed by atoms with E-state index in [0.717, 1.165) is 11.1 Å². The molecule has 0 aromatic heterocycles. The standard InChI is InChI=1S/C21H23NO4/c1-4-22(21(24)26-15-17-11-7-5-8-12-17)19(20(23)25-3)16(2)18-13-9-6-10-14-18/h5-14H,4,15H2,1-3H3/b19-16-. The molecule has 0 heterocycles. The van der Waals surface area contributed by atoms with Crippen molar-refractivity contribution in [3.8, 4) is 0 Å². The summed E-state index contributed by atoms with van der Waals surface area (Å²) in [6, 6.07) is 18.8. The predicted molar refractivity (Wildman–Crippen MR) is 100 cm³/mol. The lowest BCUT2D eigenvalue weighted by Crippen LogP contribution is -2.35. The molecule has 2 rings (SSSR count). The lowest BCUT2D eigenvalue weighted by molar-refractivity contribution is -0.137. The van der Waals surface area contributed by atoms with E-state index < -0.39 is 12.1 Å². The average Bonchev–Trinajstić information content (AvgIpc) is 2.70. The first-order valence-electron chi connectivity index (χ1n) is 8.41. The van der Waals surface area contributed by atoms with E-state index >= 15 is 0 Å². The number of benzene rings is 2. The Morgan fingerprint density at radius 1 is 0.962 bits per heavy atom. The highest BCUT2D eigenvalue weighted by Crippen LogP contribution is 2.23. The lowest BCUT2D eigenvalue weighted by Gasteiger charge is -2.24. The van der Waals surface area contributed by atoms with E-state index in [1.54, 1.807) is 13.8 Å². The Hall–Kier alpha value is -3.08. The number of hydrogen-bond acceptors (Lipinski definition) is 4. The van der Waals surface area contributed by atoms with Gasteiger partial charge < -0.3 is 9.47 Å². The number of esters is 1. The molecule has 0 bridgehead atoms.